The third kappa shape index (κ3) is 7.98. The molecule has 0 fully saturated rings. The number of methoxy groups -OCH3 is 1. The third-order valence-electron chi connectivity index (χ3n) is 4.78. The zero-order chi connectivity index (χ0) is 19.5. The Hall–Kier alpha value is -2.10. The monoisotopic (exact) mass is 366 g/mol. The van der Waals surface area contributed by atoms with Gasteiger partial charge in [-0.3, -0.25) is 0 Å². The lowest BCUT2D eigenvalue weighted by Gasteiger charge is -2.26. The van der Waals surface area contributed by atoms with Crippen LogP contribution in [0.15, 0.2) is 60.7 Å². The molecule has 0 aromatic heterocycles. The van der Waals surface area contributed by atoms with Crippen molar-refractivity contribution in [2.75, 3.05) is 13.7 Å². The summed E-state index contributed by atoms with van der Waals surface area (Å²) in [5.74, 6) is 1.51. The van der Waals surface area contributed by atoms with E-state index in [9.17, 15) is 0 Å². The summed E-state index contributed by atoms with van der Waals surface area (Å²) in [6, 6.07) is 19.1. The molecule has 0 aliphatic heterocycles. The maximum Gasteiger partial charge on any atom is 0.118 e. The molecule has 146 valence electrons. The molecule has 3 heteroatoms. The fraction of sp³-hybridized carbons (Fsp3) is 0.417. The van der Waals surface area contributed by atoms with Crippen molar-refractivity contribution in [3.8, 4) is 5.75 Å². The normalized spacial score (nSPS) is 13.8. The summed E-state index contributed by atoms with van der Waals surface area (Å²) in [6.45, 7) is 5.35. The number of hydrogen-bond acceptors (Lipinski definition) is 3. The van der Waals surface area contributed by atoms with Crippen molar-refractivity contribution < 1.29 is 4.74 Å². The molecule has 2 rings (SSSR count). The highest BCUT2D eigenvalue weighted by Crippen LogP contribution is 2.15. The van der Waals surface area contributed by atoms with E-state index >= 15 is 0 Å². The van der Waals surface area contributed by atoms with Crippen molar-refractivity contribution in [1.82, 2.24) is 5.32 Å². The summed E-state index contributed by atoms with van der Waals surface area (Å²) in [4.78, 5) is 0. The molecular formula is C24H34N2O. The number of benzene rings is 2. The molecule has 0 amide bonds. The maximum absolute atomic E-state index is 6.55. The molecule has 27 heavy (non-hydrogen) atoms. The average molecular weight is 367 g/mol. The molecule has 0 aliphatic rings. The SMILES string of the molecule is COc1ccc(CCC(N)C(CC(C)C)NC/C=C/c2ccccc2)cc1. The Morgan fingerprint density at radius 2 is 1.74 bits per heavy atom. The van der Waals surface area contributed by atoms with Crippen molar-refractivity contribution in [2.45, 2.75) is 45.2 Å². The highest BCUT2D eigenvalue weighted by molar-refractivity contribution is 5.48. The summed E-state index contributed by atoms with van der Waals surface area (Å²) >= 11 is 0. The number of hydrogen-bond donors (Lipinski definition) is 2. The van der Waals surface area contributed by atoms with E-state index in [1.54, 1.807) is 7.11 Å². The number of nitrogens with two attached hydrogens (primary N) is 1. The second-order valence-corrected chi connectivity index (χ2v) is 7.51. The molecule has 0 heterocycles. The van der Waals surface area contributed by atoms with Crippen molar-refractivity contribution in [2.24, 2.45) is 11.7 Å². The van der Waals surface area contributed by atoms with Gasteiger partial charge in [0, 0.05) is 18.6 Å². The van der Waals surface area contributed by atoms with Crippen molar-refractivity contribution in [1.29, 1.82) is 0 Å². The molecule has 0 aliphatic carbocycles. The zero-order valence-electron chi connectivity index (χ0n) is 16.9. The fourth-order valence-corrected chi connectivity index (χ4v) is 3.22. The van der Waals surface area contributed by atoms with Crippen molar-refractivity contribution in [3.05, 3.63) is 71.8 Å². The van der Waals surface area contributed by atoms with Crippen LogP contribution in [0.3, 0.4) is 0 Å². The Balaban J connectivity index is 1.84. The molecule has 2 aromatic carbocycles. The molecule has 0 radical (unpaired) electrons. The predicted molar refractivity (Wildman–Crippen MR) is 116 cm³/mol. The van der Waals surface area contributed by atoms with Crippen LogP contribution in [0.1, 0.15) is 37.8 Å². The Labute approximate surface area is 164 Å². The molecular weight excluding hydrogens is 332 g/mol. The van der Waals surface area contributed by atoms with E-state index in [1.807, 2.05) is 18.2 Å². The van der Waals surface area contributed by atoms with Gasteiger partial charge in [0.1, 0.15) is 5.75 Å². The topological polar surface area (TPSA) is 47.3 Å². The number of rotatable bonds is 11. The van der Waals surface area contributed by atoms with Gasteiger partial charge in [-0.2, -0.15) is 0 Å². The van der Waals surface area contributed by atoms with E-state index in [0.29, 0.717) is 12.0 Å². The van der Waals surface area contributed by atoms with Gasteiger partial charge in [-0.25, -0.2) is 0 Å². The van der Waals surface area contributed by atoms with Gasteiger partial charge in [0.2, 0.25) is 0 Å². The Morgan fingerprint density at radius 3 is 2.37 bits per heavy atom. The average Bonchev–Trinajstić information content (AvgIpc) is 2.69. The molecule has 2 aromatic rings. The van der Waals surface area contributed by atoms with Gasteiger partial charge >= 0.3 is 0 Å². The fourth-order valence-electron chi connectivity index (χ4n) is 3.22. The first kappa shape index (κ1) is 21.2. The van der Waals surface area contributed by atoms with Gasteiger partial charge in [0.25, 0.3) is 0 Å². The summed E-state index contributed by atoms with van der Waals surface area (Å²) in [5.41, 5.74) is 9.08. The summed E-state index contributed by atoms with van der Waals surface area (Å²) in [5, 5.41) is 3.64. The minimum atomic E-state index is 0.139. The van der Waals surface area contributed by atoms with Crippen LogP contribution in [0.5, 0.6) is 5.75 Å². The first-order valence-corrected chi connectivity index (χ1v) is 9.92. The van der Waals surface area contributed by atoms with Crippen molar-refractivity contribution in [3.63, 3.8) is 0 Å². The Morgan fingerprint density at radius 1 is 1.04 bits per heavy atom. The molecule has 0 spiro atoms. The standard InChI is InChI=1S/C24H34N2O/c1-19(2)18-24(26-17-7-10-20-8-5-4-6-9-20)23(25)16-13-21-11-14-22(27-3)15-12-21/h4-12,14-15,19,23-24,26H,13,16-18,25H2,1-3H3/b10-7+. The first-order valence-electron chi connectivity index (χ1n) is 9.92. The van der Waals surface area contributed by atoms with Gasteiger partial charge in [-0.1, -0.05) is 68.5 Å². The molecule has 0 saturated heterocycles. The van der Waals surface area contributed by atoms with Crippen LogP contribution in [0, 0.1) is 5.92 Å². The zero-order valence-corrected chi connectivity index (χ0v) is 16.9. The lowest BCUT2D eigenvalue weighted by Crippen LogP contribution is -2.46. The molecule has 3 nitrogen and oxygen atoms in total. The number of aryl methyl sites for hydroxylation is 1. The quantitative estimate of drug-likeness (QED) is 0.607. The summed E-state index contributed by atoms with van der Waals surface area (Å²) in [7, 11) is 1.69. The Kier molecular flexibility index (Phi) is 9.09. The Bertz CT molecular complexity index is 665. The lowest BCUT2D eigenvalue weighted by atomic mass is 9.93. The molecule has 0 bridgehead atoms. The van der Waals surface area contributed by atoms with E-state index < -0.39 is 0 Å². The number of nitrogens with one attached hydrogen (secondary N) is 1. The van der Waals surface area contributed by atoms with Crippen LogP contribution >= 0.6 is 0 Å². The van der Waals surface area contributed by atoms with Gasteiger partial charge in [-0.05, 0) is 48.4 Å². The molecule has 0 saturated carbocycles. The highest BCUT2D eigenvalue weighted by atomic mass is 16.5. The van der Waals surface area contributed by atoms with Crippen LogP contribution in [-0.4, -0.2) is 25.7 Å². The van der Waals surface area contributed by atoms with E-state index in [2.05, 4.69) is 67.7 Å². The second-order valence-electron chi connectivity index (χ2n) is 7.51. The maximum atomic E-state index is 6.55. The largest absolute Gasteiger partial charge is 0.497 e. The van der Waals surface area contributed by atoms with E-state index in [4.69, 9.17) is 10.5 Å². The minimum absolute atomic E-state index is 0.139. The van der Waals surface area contributed by atoms with Crippen LogP contribution in [0.2, 0.25) is 0 Å². The molecule has 3 N–H and O–H groups in total. The van der Waals surface area contributed by atoms with Crippen LogP contribution in [-0.2, 0) is 6.42 Å². The first-order chi connectivity index (χ1) is 13.1. The van der Waals surface area contributed by atoms with Crippen molar-refractivity contribution >= 4 is 6.08 Å². The smallest absolute Gasteiger partial charge is 0.118 e. The van der Waals surface area contributed by atoms with Crippen LogP contribution in [0.25, 0.3) is 6.08 Å². The van der Waals surface area contributed by atoms with Crippen LogP contribution < -0.4 is 15.8 Å². The minimum Gasteiger partial charge on any atom is -0.497 e. The van der Waals surface area contributed by atoms with Crippen LogP contribution in [0.4, 0.5) is 0 Å². The molecule has 2 atom stereocenters. The predicted octanol–water partition coefficient (Wildman–Crippen LogP) is 4.67. The summed E-state index contributed by atoms with van der Waals surface area (Å²) in [6.07, 6.45) is 7.38. The van der Waals surface area contributed by atoms with Gasteiger partial charge in [0.15, 0.2) is 0 Å². The lowest BCUT2D eigenvalue weighted by molar-refractivity contribution is 0.361. The van der Waals surface area contributed by atoms with E-state index in [-0.39, 0.29) is 6.04 Å². The van der Waals surface area contributed by atoms with Gasteiger partial charge in [-0.15, -0.1) is 0 Å². The van der Waals surface area contributed by atoms with Gasteiger partial charge in [0.05, 0.1) is 7.11 Å². The highest BCUT2D eigenvalue weighted by Gasteiger charge is 2.18. The van der Waals surface area contributed by atoms with E-state index in [0.717, 1.165) is 31.6 Å². The number of ether oxygens (including phenoxy) is 1. The van der Waals surface area contributed by atoms with E-state index in [1.165, 1.54) is 11.1 Å². The third-order valence-corrected chi connectivity index (χ3v) is 4.78. The molecule has 2 unspecified atom stereocenters. The van der Waals surface area contributed by atoms with Gasteiger partial charge < -0.3 is 15.8 Å². The second kappa shape index (κ2) is 11.6. The summed E-state index contributed by atoms with van der Waals surface area (Å²) < 4.78 is 5.22.